The van der Waals surface area contributed by atoms with Gasteiger partial charge in [0, 0.05) is 52.4 Å². The van der Waals surface area contributed by atoms with E-state index in [9.17, 15) is 48.6 Å². The zero-order chi connectivity index (χ0) is 32.7. The number of benzene rings is 2. The molecular weight excluding hydrogens is 578 g/mol. The summed E-state index contributed by atoms with van der Waals surface area (Å²) in [6, 6.07) is 1.42. The molecule has 0 aliphatic carbocycles. The van der Waals surface area contributed by atoms with E-state index in [1.165, 1.54) is 24.3 Å². The van der Waals surface area contributed by atoms with E-state index in [1.54, 1.807) is 27.7 Å². The molecular formula is C30H31N3O11. The average molecular weight is 610 g/mol. The predicted octanol–water partition coefficient (Wildman–Crippen LogP) is 1.98. The van der Waals surface area contributed by atoms with Gasteiger partial charge in [0.2, 0.25) is 5.91 Å². The molecule has 2 aliphatic rings. The second-order valence-corrected chi connectivity index (χ2v) is 11.4. The summed E-state index contributed by atoms with van der Waals surface area (Å²) in [6.07, 6.45) is -1.43. The number of hydrogen-bond donors (Lipinski definition) is 3. The molecule has 0 fully saturated rings. The van der Waals surface area contributed by atoms with Gasteiger partial charge < -0.3 is 20.3 Å². The van der Waals surface area contributed by atoms with Crippen molar-refractivity contribution in [2.75, 3.05) is 6.54 Å². The number of esters is 1. The third-order valence-corrected chi connectivity index (χ3v) is 7.21. The fourth-order valence-electron chi connectivity index (χ4n) is 5.40. The largest absolute Gasteiger partial charge is 0.480 e. The van der Waals surface area contributed by atoms with Gasteiger partial charge in [-0.25, -0.2) is 9.59 Å². The van der Waals surface area contributed by atoms with Crippen LogP contribution in [0.3, 0.4) is 0 Å². The first-order valence-electron chi connectivity index (χ1n) is 13.9. The van der Waals surface area contributed by atoms with Crippen LogP contribution in [0.2, 0.25) is 0 Å². The molecule has 232 valence electrons. The Balaban J connectivity index is 1.72. The summed E-state index contributed by atoms with van der Waals surface area (Å²) in [4.78, 5) is 104. The maximum absolute atomic E-state index is 13.6. The molecule has 0 saturated heterocycles. The first-order chi connectivity index (χ1) is 20.6. The highest BCUT2D eigenvalue weighted by atomic mass is 16.6. The maximum atomic E-state index is 13.6. The van der Waals surface area contributed by atoms with Gasteiger partial charge in [-0.3, -0.25) is 38.6 Å². The molecule has 2 aliphatic heterocycles. The van der Waals surface area contributed by atoms with E-state index in [4.69, 9.17) is 4.74 Å². The summed E-state index contributed by atoms with van der Waals surface area (Å²) < 4.78 is 5.21. The maximum Gasteiger partial charge on any atom is 0.326 e. The molecule has 3 N–H and O–H groups in total. The third kappa shape index (κ3) is 5.74. The summed E-state index contributed by atoms with van der Waals surface area (Å²) in [5.74, 6) is -8.19. The Labute approximate surface area is 250 Å². The van der Waals surface area contributed by atoms with Crippen molar-refractivity contribution >= 4 is 58.2 Å². The van der Waals surface area contributed by atoms with Gasteiger partial charge in [-0.2, -0.15) is 0 Å². The van der Waals surface area contributed by atoms with Gasteiger partial charge >= 0.3 is 17.9 Å². The van der Waals surface area contributed by atoms with Crippen LogP contribution >= 0.6 is 0 Å². The lowest BCUT2D eigenvalue weighted by molar-refractivity contribution is -0.155. The highest BCUT2D eigenvalue weighted by molar-refractivity contribution is 6.34. The van der Waals surface area contributed by atoms with Crippen LogP contribution in [0.15, 0.2) is 24.3 Å². The second-order valence-electron chi connectivity index (χ2n) is 11.4. The van der Waals surface area contributed by atoms with Crippen LogP contribution in [0.5, 0.6) is 0 Å². The molecule has 2 aromatic carbocycles. The van der Waals surface area contributed by atoms with Gasteiger partial charge in [-0.05, 0) is 64.8 Å². The van der Waals surface area contributed by atoms with E-state index in [2.05, 4.69) is 5.32 Å². The Bertz CT molecular complexity index is 1570. The number of nitrogens with one attached hydrogen (secondary N) is 1. The number of hydrogen-bond acceptors (Lipinski definition) is 9. The number of carbonyl (C=O) groups excluding carboxylic acids is 6. The summed E-state index contributed by atoms with van der Waals surface area (Å²) in [5, 5.41) is 22.2. The highest BCUT2D eigenvalue weighted by Gasteiger charge is 2.45. The molecule has 4 rings (SSSR count). The Morgan fingerprint density at radius 2 is 1.09 bits per heavy atom. The second kappa shape index (κ2) is 11.9. The van der Waals surface area contributed by atoms with Crippen LogP contribution in [0.25, 0.3) is 10.8 Å². The van der Waals surface area contributed by atoms with Gasteiger partial charge in [0.05, 0.1) is 0 Å². The van der Waals surface area contributed by atoms with Crippen molar-refractivity contribution in [1.82, 2.24) is 15.1 Å². The molecule has 14 nitrogen and oxygen atoms in total. The van der Waals surface area contributed by atoms with Gasteiger partial charge in [-0.15, -0.1) is 0 Å². The van der Waals surface area contributed by atoms with Crippen molar-refractivity contribution in [2.24, 2.45) is 0 Å². The molecule has 5 amide bonds. The molecule has 0 aromatic heterocycles. The SMILES string of the molecule is CCNC(=O)CC[C@H](C(=O)O)N1C(=O)c2ccc3c4c(ccc(c24)C1=O)C(=O)N([C@H](CCC(=O)OC(C)(C)C)C(=O)O)C3=O. The monoisotopic (exact) mass is 609 g/mol. The summed E-state index contributed by atoms with van der Waals surface area (Å²) >= 11 is 0. The lowest BCUT2D eigenvalue weighted by Gasteiger charge is -2.35. The topological polar surface area (TPSA) is 205 Å². The Morgan fingerprint density at radius 1 is 0.727 bits per heavy atom. The molecule has 0 radical (unpaired) electrons. The molecule has 0 spiro atoms. The number of ether oxygens (including phenoxy) is 1. The first-order valence-corrected chi connectivity index (χ1v) is 13.9. The number of imide groups is 2. The standard InChI is InChI=1S/C30H31N3O11/c1-5-31-20(34)12-10-18(28(40)41)32-24(36)14-6-8-16-23-17(9-7-15(22(14)23)25(32)37)27(39)33(26(16)38)19(29(42)43)11-13-21(35)44-30(2,3)4/h6-9,18-19H,5,10-13H2,1-4H3,(H,31,34)(H,40,41)(H,42,43)/t18-,19-/m1/s1. The van der Waals surface area contributed by atoms with Crippen LogP contribution in [-0.2, 0) is 23.9 Å². The van der Waals surface area contributed by atoms with Crippen molar-refractivity contribution in [3.05, 3.63) is 46.5 Å². The highest BCUT2D eigenvalue weighted by Crippen LogP contribution is 2.39. The predicted molar refractivity (Wildman–Crippen MR) is 151 cm³/mol. The Hall–Kier alpha value is -5.14. The van der Waals surface area contributed by atoms with Crippen LogP contribution < -0.4 is 5.32 Å². The van der Waals surface area contributed by atoms with Gasteiger partial charge in [0.1, 0.15) is 17.7 Å². The van der Waals surface area contributed by atoms with Crippen molar-refractivity contribution in [1.29, 1.82) is 0 Å². The minimum atomic E-state index is -1.72. The van der Waals surface area contributed by atoms with Gasteiger partial charge in [0.25, 0.3) is 23.6 Å². The Kier molecular flexibility index (Phi) is 8.57. The fraction of sp³-hybridized carbons (Fsp3) is 0.400. The van der Waals surface area contributed by atoms with E-state index in [0.717, 1.165) is 0 Å². The van der Waals surface area contributed by atoms with Gasteiger partial charge in [0.15, 0.2) is 0 Å². The van der Waals surface area contributed by atoms with Crippen LogP contribution in [-0.4, -0.2) is 91.7 Å². The number of carbonyl (C=O) groups is 8. The number of amides is 5. The molecule has 2 heterocycles. The third-order valence-electron chi connectivity index (χ3n) is 7.21. The molecule has 2 aromatic rings. The number of aliphatic carboxylic acids is 2. The molecule has 0 saturated carbocycles. The van der Waals surface area contributed by atoms with E-state index >= 15 is 0 Å². The lowest BCUT2D eigenvalue weighted by atomic mass is 9.84. The van der Waals surface area contributed by atoms with Crippen molar-refractivity contribution in [3.8, 4) is 0 Å². The zero-order valence-corrected chi connectivity index (χ0v) is 24.5. The minimum absolute atomic E-state index is 0.0407. The molecule has 0 unspecified atom stereocenters. The van der Waals surface area contributed by atoms with Crippen LogP contribution in [0.1, 0.15) is 94.8 Å². The normalized spacial score (nSPS) is 15.7. The number of rotatable bonds is 11. The van der Waals surface area contributed by atoms with E-state index in [-0.39, 0.29) is 45.9 Å². The number of carboxylic acids is 2. The Morgan fingerprint density at radius 3 is 1.41 bits per heavy atom. The van der Waals surface area contributed by atoms with Crippen molar-refractivity contribution in [2.45, 2.75) is 71.1 Å². The number of carboxylic acid groups (broad SMARTS) is 2. The van der Waals surface area contributed by atoms with Crippen LogP contribution in [0.4, 0.5) is 0 Å². The lowest BCUT2D eigenvalue weighted by Crippen LogP contribution is -2.52. The average Bonchev–Trinajstić information content (AvgIpc) is 2.92. The summed E-state index contributed by atoms with van der Waals surface area (Å²) in [6.45, 7) is 6.89. The molecule has 14 heteroatoms. The minimum Gasteiger partial charge on any atom is -0.480 e. The molecule has 44 heavy (non-hydrogen) atoms. The zero-order valence-electron chi connectivity index (χ0n) is 24.5. The smallest absolute Gasteiger partial charge is 0.326 e. The summed E-state index contributed by atoms with van der Waals surface area (Å²) in [7, 11) is 0. The van der Waals surface area contributed by atoms with E-state index < -0.39 is 78.0 Å². The summed E-state index contributed by atoms with van der Waals surface area (Å²) in [5.41, 5.74) is -1.41. The molecule has 2 atom stereocenters. The van der Waals surface area contributed by atoms with Crippen molar-refractivity contribution in [3.63, 3.8) is 0 Å². The fourth-order valence-corrected chi connectivity index (χ4v) is 5.40. The number of nitrogens with zero attached hydrogens (tertiary/aromatic N) is 2. The van der Waals surface area contributed by atoms with E-state index in [0.29, 0.717) is 16.3 Å². The molecule has 0 bridgehead atoms. The quantitative estimate of drug-likeness (QED) is 0.248. The van der Waals surface area contributed by atoms with E-state index in [1.807, 2.05) is 0 Å². The van der Waals surface area contributed by atoms with Gasteiger partial charge in [-0.1, -0.05) is 0 Å². The van der Waals surface area contributed by atoms with Crippen molar-refractivity contribution < 1.29 is 53.3 Å². The van der Waals surface area contributed by atoms with Crippen LogP contribution in [0, 0.1) is 0 Å². The first kappa shape index (κ1) is 31.8.